The van der Waals surface area contributed by atoms with E-state index in [-0.39, 0.29) is 5.92 Å². The van der Waals surface area contributed by atoms with E-state index < -0.39 is 0 Å². The summed E-state index contributed by atoms with van der Waals surface area (Å²) < 4.78 is 6.16. The van der Waals surface area contributed by atoms with Gasteiger partial charge in [0.25, 0.3) is 0 Å². The topological polar surface area (TPSA) is 26.3 Å². The van der Waals surface area contributed by atoms with Crippen molar-refractivity contribution < 1.29 is 9.53 Å². The van der Waals surface area contributed by atoms with E-state index in [1.165, 1.54) is 70.6 Å². The van der Waals surface area contributed by atoms with Gasteiger partial charge >= 0.3 is 0 Å². The lowest BCUT2D eigenvalue weighted by Gasteiger charge is -2.19. The van der Waals surface area contributed by atoms with Crippen LogP contribution in [0.15, 0.2) is 0 Å². The predicted molar refractivity (Wildman–Crippen MR) is 110 cm³/mol. The number of carbonyl (C=O) groups is 1. The summed E-state index contributed by atoms with van der Waals surface area (Å²) >= 11 is 0. The second-order valence-electron chi connectivity index (χ2n) is 7.78. The van der Waals surface area contributed by atoms with E-state index in [1.54, 1.807) is 0 Å². The molecule has 2 atom stereocenters. The van der Waals surface area contributed by atoms with Gasteiger partial charge in [-0.05, 0) is 25.7 Å². The summed E-state index contributed by atoms with van der Waals surface area (Å²) in [4.78, 5) is 12.1. The van der Waals surface area contributed by atoms with Gasteiger partial charge in [-0.3, -0.25) is 4.79 Å². The molecule has 0 aromatic rings. The smallest absolute Gasteiger partial charge is 0.135 e. The first kappa shape index (κ1) is 24.6. The summed E-state index contributed by atoms with van der Waals surface area (Å²) in [7, 11) is 0. The van der Waals surface area contributed by atoms with Crippen LogP contribution in [0.1, 0.15) is 124 Å². The van der Waals surface area contributed by atoms with Crippen LogP contribution < -0.4 is 0 Å². The minimum Gasteiger partial charge on any atom is -0.378 e. The number of rotatable bonds is 19. The van der Waals surface area contributed by atoms with Crippen LogP contribution in [0, 0.1) is 5.92 Å². The molecular weight excluding hydrogens is 308 g/mol. The molecule has 0 aliphatic carbocycles. The molecule has 25 heavy (non-hydrogen) atoms. The van der Waals surface area contributed by atoms with Crippen LogP contribution in [0.5, 0.6) is 0 Å². The second kappa shape index (κ2) is 18.4. The molecule has 0 aliphatic heterocycles. The minimum absolute atomic E-state index is 0.212. The molecule has 0 aromatic heterocycles. The summed E-state index contributed by atoms with van der Waals surface area (Å²) in [5.74, 6) is 0.630. The highest BCUT2D eigenvalue weighted by atomic mass is 16.5. The summed E-state index contributed by atoms with van der Waals surface area (Å²) in [5, 5.41) is 0. The molecule has 0 saturated carbocycles. The van der Waals surface area contributed by atoms with Crippen LogP contribution >= 0.6 is 0 Å². The molecule has 0 N–H and O–H groups in total. The second-order valence-corrected chi connectivity index (χ2v) is 7.78. The lowest BCUT2D eigenvalue weighted by atomic mass is 9.96. The van der Waals surface area contributed by atoms with Crippen molar-refractivity contribution in [1.82, 2.24) is 0 Å². The molecule has 0 rings (SSSR count). The van der Waals surface area contributed by atoms with Crippen molar-refractivity contribution in [2.24, 2.45) is 5.92 Å². The number of hydrogen-bond donors (Lipinski definition) is 0. The van der Waals surface area contributed by atoms with E-state index in [1.807, 2.05) is 0 Å². The third kappa shape index (κ3) is 15.6. The number of unbranched alkanes of at least 4 members (excludes halogenated alkanes) is 9. The van der Waals surface area contributed by atoms with Gasteiger partial charge in [0.15, 0.2) is 0 Å². The SMILES string of the molecule is CCCCCCCCC(CCC(=O)C(C)CC)OCCCCCCC. The van der Waals surface area contributed by atoms with E-state index in [9.17, 15) is 4.79 Å². The molecule has 0 bridgehead atoms. The largest absolute Gasteiger partial charge is 0.378 e. The highest BCUT2D eigenvalue weighted by molar-refractivity contribution is 5.80. The molecule has 0 radical (unpaired) electrons. The van der Waals surface area contributed by atoms with Gasteiger partial charge < -0.3 is 4.74 Å². The first-order valence-corrected chi connectivity index (χ1v) is 11.3. The highest BCUT2D eigenvalue weighted by Gasteiger charge is 2.15. The molecule has 2 unspecified atom stereocenters. The Morgan fingerprint density at radius 2 is 1.32 bits per heavy atom. The van der Waals surface area contributed by atoms with Gasteiger partial charge in [0.05, 0.1) is 6.10 Å². The zero-order valence-electron chi connectivity index (χ0n) is 17.8. The van der Waals surface area contributed by atoms with Gasteiger partial charge in [-0.15, -0.1) is 0 Å². The van der Waals surface area contributed by atoms with Crippen LogP contribution in [0.25, 0.3) is 0 Å². The van der Waals surface area contributed by atoms with E-state index in [4.69, 9.17) is 4.74 Å². The Morgan fingerprint density at radius 1 is 0.760 bits per heavy atom. The van der Waals surface area contributed by atoms with E-state index in [0.29, 0.717) is 18.3 Å². The van der Waals surface area contributed by atoms with Crippen molar-refractivity contribution in [2.45, 2.75) is 130 Å². The first-order chi connectivity index (χ1) is 12.2. The fraction of sp³-hybridized carbons (Fsp3) is 0.957. The maximum absolute atomic E-state index is 12.1. The van der Waals surface area contributed by atoms with Crippen LogP contribution in [0.4, 0.5) is 0 Å². The van der Waals surface area contributed by atoms with Gasteiger partial charge in [0.2, 0.25) is 0 Å². The summed E-state index contributed by atoms with van der Waals surface area (Å²) in [6.45, 7) is 9.55. The lowest BCUT2D eigenvalue weighted by Crippen LogP contribution is -2.18. The molecule has 0 heterocycles. The Hall–Kier alpha value is -0.370. The monoisotopic (exact) mass is 354 g/mol. The van der Waals surface area contributed by atoms with Crippen molar-refractivity contribution in [2.75, 3.05) is 6.61 Å². The van der Waals surface area contributed by atoms with Gasteiger partial charge in [-0.1, -0.05) is 91.9 Å². The normalized spacial score (nSPS) is 13.8. The summed E-state index contributed by atoms with van der Waals surface area (Å²) in [6.07, 6.45) is 18.4. The third-order valence-electron chi connectivity index (χ3n) is 5.36. The van der Waals surface area contributed by atoms with Crippen LogP contribution in [-0.2, 0) is 9.53 Å². The van der Waals surface area contributed by atoms with Crippen LogP contribution in [0.2, 0.25) is 0 Å². The van der Waals surface area contributed by atoms with Gasteiger partial charge in [0.1, 0.15) is 5.78 Å². The Morgan fingerprint density at radius 3 is 1.92 bits per heavy atom. The molecular formula is C23H46O2. The average Bonchev–Trinajstić information content (AvgIpc) is 2.63. The van der Waals surface area contributed by atoms with E-state index >= 15 is 0 Å². The van der Waals surface area contributed by atoms with Gasteiger partial charge in [0, 0.05) is 18.9 Å². The molecule has 0 saturated heterocycles. The highest BCUT2D eigenvalue weighted by Crippen LogP contribution is 2.17. The number of ketones is 1. The number of Topliss-reactive ketones (excluding diaryl/α,β-unsaturated/α-hetero) is 1. The Bertz CT molecular complexity index is 272. The number of ether oxygens (including phenoxy) is 1. The van der Waals surface area contributed by atoms with Crippen molar-refractivity contribution in [1.29, 1.82) is 0 Å². The summed E-state index contributed by atoms with van der Waals surface area (Å²) in [6, 6.07) is 0. The van der Waals surface area contributed by atoms with E-state index in [0.717, 1.165) is 25.9 Å². The zero-order chi connectivity index (χ0) is 18.8. The fourth-order valence-electron chi connectivity index (χ4n) is 3.20. The zero-order valence-corrected chi connectivity index (χ0v) is 17.8. The van der Waals surface area contributed by atoms with Crippen molar-refractivity contribution >= 4 is 5.78 Å². The number of carbonyl (C=O) groups excluding carboxylic acids is 1. The standard InChI is InChI=1S/C23H46O2/c1-5-8-10-12-13-15-17-22(18-19-23(24)21(4)7-3)25-20-16-14-11-9-6-2/h21-22H,5-20H2,1-4H3. The number of hydrogen-bond acceptors (Lipinski definition) is 2. The summed E-state index contributed by atoms with van der Waals surface area (Å²) in [5.41, 5.74) is 0. The Balaban J connectivity index is 4.01. The van der Waals surface area contributed by atoms with Crippen LogP contribution in [0.3, 0.4) is 0 Å². The Labute approximate surface area is 158 Å². The predicted octanol–water partition coefficient (Wildman–Crippen LogP) is 7.49. The quantitative estimate of drug-likeness (QED) is 0.225. The lowest BCUT2D eigenvalue weighted by molar-refractivity contribution is -0.123. The van der Waals surface area contributed by atoms with Crippen LogP contribution in [-0.4, -0.2) is 18.5 Å². The van der Waals surface area contributed by atoms with Gasteiger partial charge in [-0.2, -0.15) is 0 Å². The molecule has 0 fully saturated rings. The molecule has 0 aliphatic rings. The molecule has 0 amide bonds. The average molecular weight is 355 g/mol. The molecule has 2 heteroatoms. The maximum atomic E-state index is 12.1. The van der Waals surface area contributed by atoms with Crippen molar-refractivity contribution in [3.8, 4) is 0 Å². The molecule has 0 spiro atoms. The molecule has 0 aromatic carbocycles. The van der Waals surface area contributed by atoms with Crippen molar-refractivity contribution in [3.63, 3.8) is 0 Å². The fourth-order valence-corrected chi connectivity index (χ4v) is 3.20. The molecule has 2 nitrogen and oxygen atoms in total. The first-order valence-electron chi connectivity index (χ1n) is 11.3. The van der Waals surface area contributed by atoms with Crippen molar-refractivity contribution in [3.05, 3.63) is 0 Å². The van der Waals surface area contributed by atoms with Gasteiger partial charge in [-0.25, -0.2) is 0 Å². The minimum atomic E-state index is 0.212. The van der Waals surface area contributed by atoms with E-state index in [2.05, 4.69) is 27.7 Å². The maximum Gasteiger partial charge on any atom is 0.135 e. The third-order valence-corrected chi connectivity index (χ3v) is 5.36. The molecule has 150 valence electrons. The Kier molecular flexibility index (Phi) is 18.1.